The van der Waals surface area contributed by atoms with Crippen molar-refractivity contribution in [2.24, 2.45) is 18.1 Å². The minimum atomic E-state index is -0.180. The Hall–Kier alpha value is -2.80. The molecule has 6 nitrogen and oxygen atoms in total. The van der Waals surface area contributed by atoms with Gasteiger partial charge in [-0.3, -0.25) is 4.79 Å². The number of nitrogens with zero attached hydrogens (tertiary/aromatic N) is 3. The molecule has 0 fully saturated rings. The average Bonchev–Trinajstić information content (AvgIpc) is 3.01. The van der Waals surface area contributed by atoms with Gasteiger partial charge in [0.25, 0.3) is 5.91 Å². The van der Waals surface area contributed by atoms with Gasteiger partial charge < -0.3 is 9.30 Å². The van der Waals surface area contributed by atoms with Crippen LogP contribution in [0.1, 0.15) is 19.4 Å². The molecule has 2 aromatic carbocycles. The van der Waals surface area contributed by atoms with Crippen LogP contribution in [0.4, 0.5) is 0 Å². The molecule has 1 heterocycles. The number of amides is 1. The standard InChI is InChI=1S/C21H24N4O2S/c1-15(2)13-27-17-8-6-7-16(11-17)12-22-24-20(26)14-28-21-23-18-9-4-5-10-19(18)25(21)3/h4-12,15H,13-14H2,1-3H3,(H,24,26)/b22-12-. The van der Waals surface area contributed by atoms with Crippen LogP contribution in [-0.4, -0.2) is 34.0 Å². The van der Waals surface area contributed by atoms with Crippen LogP contribution in [0, 0.1) is 5.92 Å². The fourth-order valence-corrected chi connectivity index (χ4v) is 3.32. The SMILES string of the molecule is CC(C)COc1cccc(/C=N\NC(=O)CSc2nc3ccccc3n2C)c1. The van der Waals surface area contributed by atoms with Crippen LogP contribution in [0.25, 0.3) is 11.0 Å². The third kappa shape index (κ3) is 5.36. The summed E-state index contributed by atoms with van der Waals surface area (Å²) in [7, 11) is 1.95. The molecule has 1 N–H and O–H groups in total. The lowest BCUT2D eigenvalue weighted by atomic mass is 10.2. The zero-order valence-corrected chi connectivity index (χ0v) is 17.1. The molecule has 146 valence electrons. The van der Waals surface area contributed by atoms with Gasteiger partial charge in [0.2, 0.25) is 0 Å². The molecule has 0 unspecified atom stereocenters. The highest BCUT2D eigenvalue weighted by Crippen LogP contribution is 2.22. The fraction of sp³-hybridized carbons (Fsp3) is 0.286. The smallest absolute Gasteiger partial charge is 0.250 e. The number of carbonyl (C=O) groups is 1. The second kappa shape index (κ2) is 9.41. The van der Waals surface area contributed by atoms with Crippen LogP contribution in [0.3, 0.4) is 0 Å². The van der Waals surface area contributed by atoms with E-state index in [1.807, 2.05) is 60.1 Å². The number of ether oxygens (including phenoxy) is 1. The second-order valence-electron chi connectivity index (χ2n) is 6.80. The first-order chi connectivity index (χ1) is 13.5. The highest BCUT2D eigenvalue weighted by Gasteiger charge is 2.09. The molecule has 0 radical (unpaired) electrons. The summed E-state index contributed by atoms with van der Waals surface area (Å²) in [6.45, 7) is 4.87. The van der Waals surface area contributed by atoms with E-state index >= 15 is 0 Å². The van der Waals surface area contributed by atoms with Crippen molar-refractivity contribution in [2.75, 3.05) is 12.4 Å². The number of benzene rings is 2. The maximum absolute atomic E-state index is 12.1. The largest absolute Gasteiger partial charge is 0.493 e. The van der Waals surface area contributed by atoms with Gasteiger partial charge >= 0.3 is 0 Å². The highest BCUT2D eigenvalue weighted by atomic mass is 32.2. The Labute approximate surface area is 169 Å². The maximum Gasteiger partial charge on any atom is 0.250 e. The molecule has 1 aromatic heterocycles. The first-order valence-corrected chi connectivity index (χ1v) is 10.1. The summed E-state index contributed by atoms with van der Waals surface area (Å²) in [4.78, 5) is 16.6. The quantitative estimate of drug-likeness (QED) is 0.357. The number of rotatable bonds is 8. The molecule has 0 aliphatic carbocycles. The summed E-state index contributed by atoms with van der Waals surface area (Å²) >= 11 is 1.38. The van der Waals surface area contributed by atoms with Gasteiger partial charge in [-0.05, 0) is 35.7 Å². The van der Waals surface area contributed by atoms with Crippen molar-refractivity contribution in [2.45, 2.75) is 19.0 Å². The van der Waals surface area contributed by atoms with E-state index in [0.29, 0.717) is 12.5 Å². The Bertz CT molecular complexity index is 981. The van der Waals surface area contributed by atoms with E-state index in [-0.39, 0.29) is 11.7 Å². The van der Waals surface area contributed by atoms with Crippen molar-refractivity contribution in [3.8, 4) is 5.75 Å². The number of thioether (sulfide) groups is 1. The predicted molar refractivity (Wildman–Crippen MR) is 114 cm³/mol. The Balaban J connectivity index is 1.51. The van der Waals surface area contributed by atoms with Gasteiger partial charge in [-0.15, -0.1) is 0 Å². The van der Waals surface area contributed by atoms with Gasteiger partial charge in [-0.2, -0.15) is 5.10 Å². The molecule has 3 aromatic rings. The molecule has 7 heteroatoms. The first kappa shape index (κ1) is 19.9. The summed E-state index contributed by atoms with van der Waals surface area (Å²) in [6.07, 6.45) is 1.61. The lowest BCUT2D eigenvalue weighted by Crippen LogP contribution is -2.19. The lowest BCUT2D eigenvalue weighted by molar-refractivity contribution is -0.118. The van der Waals surface area contributed by atoms with Crippen molar-refractivity contribution < 1.29 is 9.53 Å². The highest BCUT2D eigenvalue weighted by molar-refractivity contribution is 7.99. The average molecular weight is 397 g/mol. The second-order valence-corrected chi connectivity index (χ2v) is 7.74. The minimum absolute atomic E-state index is 0.180. The summed E-state index contributed by atoms with van der Waals surface area (Å²) in [6, 6.07) is 15.5. The molecule has 28 heavy (non-hydrogen) atoms. The van der Waals surface area contributed by atoms with E-state index in [4.69, 9.17) is 4.74 Å². The zero-order valence-electron chi connectivity index (χ0n) is 16.3. The Morgan fingerprint density at radius 2 is 2.11 bits per heavy atom. The molecule has 0 saturated heterocycles. The Morgan fingerprint density at radius 3 is 2.89 bits per heavy atom. The number of para-hydroxylation sites is 2. The molecule has 1 amide bonds. The third-order valence-corrected chi connectivity index (χ3v) is 4.95. The molecule has 0 bridgehead atoms. The number of hydrogen-bond acceptors (Lipinski definition) is 5. The van der Waals surface area contributed by atoms with E-state index in [0.717, 1.165) is 27.5 Å². The van der Waals surface area contributed by atoms with Gasteiger partial charge in [0.15, 0.2) is 5.16 Å². The number of nitrogens with one attached hydrogen (secondary N) is 1. The Kier molecular flexibility index (Phi) is 6.71. The van der Waals surface area contributed by atoms with Gasteiger partial charge in [0, 0.05) is 7.05 Å². The third-order valence-electron chi connectivity index (χ3n) is 3.92. The predicted octanol–water partition coefficient (Wildman–Crippen LogP) is 3.85. The number of aryl methyl sites for hydroxylation is 1. The zero-order chi connectivity index (χ0) is 19.9. The van der Waals surface area contributed by atoms with E-state index < -0.39 is 0 Å². The molecule has 0 spiro atoms. The normalized spacial score (nSPS) is 11.4. The van der Waals surface area contributed by atoms with Crippen LogP contribution in [0.5, 0.6) is 5.75 Å². The monoisotopic (exact) mass is 396 g/mol. The summed E-state index contributed by atoms with van der Waals surface area (Å²) in [5.41, 5.74) is 5.39. The number of imidazole rings is 1. The van der Waals surface area contributed by atoms with Gasteiger partial charge in [-0.1, -0.05) is 49.9 Å². The van der Waals surface area contributed by atoms with E-state index in [1.165, 1.54) is 11.8 Å². The van der Waals surface area contributed by atoms with Crippen molar-refractivity contribution in [3.05, 3.63) is 54.1 Å². The fourth-order valence-electron chi connectivity index (χ4n) is 2.54. The minimum Gasteiger partial charge on any atom is -0.493 e. The molecule has 3 rings (SSSR count). The Morgan fingerprint density at radius 1 is 1.29 bits per heavy atom. The van der Waals surface area contributed by atoms with Crippen molar-refractivity contribution in [3.63, 3.8) is 0 Å². The maximum atomic E-state index is 12.1. The van der Waals surface area contributed by atoms with Crippen LogP contribution < -0.4 is 10.2 Å². The molecular formula is C21H24N4O2S. The molecular weight excluding hydrogens is 372 g/mol. The molecule has 0 aliphatic heterocycles. The number of aromatic nitrogens is 2. The van der Waals surface area contributed by atoms with E-state index in [9.17, 15) is 4.79 Å². The van der Waals surface area contributed by atoms with Crippen LogP contribution in [0.15, 0.2) is 58.8 Å². The van der Waals surface area contributed by atoms with Gasteiger partial charge in [0.05, 0.1) is 29.6 Å². The molecule has 0 aliphatic rings. The number of carbonyl (C=O) groups excluding carboxylic acids is 1. The van der Waals surface area contributed by atoms with Crippen molar-refractivity contribution >= 4 is 34.9 Å². The van der Waals surface area contributed by atoms with E-state index in [2.05, 4.69) is 29.4 Å². The van der Waals surface area contributed by atoms with Crippen molar-refractivity contribution in [1.29, 1.82) is 0 Å². The van der Waals surface area contributed by atoms with Gasteiger partial charge in [-0.25, -0.2) is 10.4 Å². The van der Waals surface area contributed by atoms with Crippen LogP contribution in [0.2, 0.25) is 0 Å². The first-order valence-electron chi connectivity index (χ1n) is 9.12. The summed E-state index contributed by atoms with van der Waals surface area (Å²) in [5.74, 6) is 1.32. The topological polar surface area (TPSA) is 68.5 Å². The van der Waals surface area contributed by atoms with Crippen molar-refractivity contribution in [1.82, 2.24) is 15.0 Å². The lowest BCUT2D eigenvalue weighted by Gasteiger charge is -2.08. The van der Waals surface area contributed by atoms with E-state index in [1.54, 1.807) is 6.21 Å². The summed E-state index contributed by atoms with van der Waals surface area (Å²) in [5, 5.41) is 4.84. The molecule has 0 saturated carbocycles. The molecule has 0 atom stereocenters. The number of fused-ring (bicyclic) bond motifs is 1. The summed E-state index contributed by atoms with van der Waals surface area (Å²) < 4.78 is 7.68. The number of hydrogen-bond donors (Lipinski definition) is 1. The van der Waals surface area contributed by atoms with Gasteiger partial charge in [0.1, 0.15) is 5.75 Å². The number of hydrazone groups is 1. The van der Waals surface area contributed by atoms with Crippen LogP contribution in [-0.2, 0) is 11.8 Å². The van der Waals surface area contributed by atoms with Crippen LogP contribution >= 0.6 is 11.8 Å².